The number of nitrogens with zero attached hydrogens (tertiary/aromatic N) is 3. The van der Waals surface area contributed by atoms with Crippen LogP contribution in [0.25, 0.3) is 5.69 Å². The maximum absolute atomic E-state index is 12.9. The number of likely N-dealkylation sites (N-methyl/N-ethyl adjacent to an activating group) is 1. The molecular formula is C26H33N5O5. The van der Waals surface area contributed by atoms with Gasteiger partial charge in [0.05, 0.1) is 38.4 Å². The zero-order chi connectivity index (χ0) is 26.5. The van der Waals surface area contributed by atoms with Crippen LogP contribution in [0.1, 0.15) is 26.5 Å². The number of carbonyl (C=O) groups excluding carboxylic acids is 2. The Balaban J connectivity index is 1.74. The monoisotopic (exact) mass is 495 g/mol. The van der Waals surface area contributed by atoms with Crippen LogP contribution in [0.3, 0.4) is 0 Å². The number of benzene rings is 2. The second kappa shape index (κ2) is 11.0. The molecule has 10 nitrogen and oxygen atoms in total. The molecule has 1 aromatic heterocycles. The van der Waals surface area contributed by atoms with Crippen LogP contribution >= 0.6 is 0 Å². The van der Waals surface area contributed by atoms with Gasteiger partial charge in [-0.1, -0.05) is 20.8 Å². The Hall–Kier alpha value is -4.21. The molecule has 2 N–H and O–H groups in total. The van der Waals surface area contributed by atoms with Crippen LogP contribution in [0, 0.1) is 0 Å². The molecule has 0 bridgehead atoms. The maximum atomic E-state index is 12.9. The molecule has 3 rings (SSSR count). The number of hydrogen-bond donors (Lipinski definition) is 2. The molecule has 3 aromatic rings. The minimum absolute atomic E-state index is 0.178. The zero-order valence-corrected chi connectivity index (χ0v) is 21.7. The number of ether oxygens (including phenoxy) is 3. The molecule has 0 aliphatic heterocycles. The van der Waals surface area contributed by atoms with E-state index in [1.807, 2.05) is 51.1 Å². The van der Waals surface area contributed by atoms with Crippen molar-refractivity contribution in [3.8, 4) is 22.9 Å². The predicted molar refractivity (Wildman–Crippen MR) is 139 cm³/mol. The fraction of sp³-hybridized carbons (Fsp3) is 0.346. The summed E-state index contributed by atoms with van der Waals surface area (Å²) >= 11 is 0. The van der Waals surface area contributed by atoms with Gasteiger partial charge >= 0.3 is 6.03 Å². The van der Waals surface area contributed by atoms with Crippen LogP contribution in [0.4, 0.5) is 16.3 Å². The van der Waals surface area contributed by atoms with E-state index in [9.17, 15) is 9.59 Å². The number of carbonyl (C=O) groups is 2. The Morgan fingerprint density at radius 2 is 1.56 bits per heavy atom. The Morgan fingerprint density at radius 1 is 0.917 bits per heavy atom. The predicted octanol–water partition coefficient (Wildman–Crippen LogP) is 4.30. The fourth-order valence-electron chi connectivity index (χ4n) is 3.34. The van der Waals surface area contributed by atoms with Gasteiger partial charge in [-0.2, -0.15) is 5.10 Å². The highest BCUT2D eigenvalue weighted by atomic mass is 16.5. The van der Waals surface area contributed by atoms with Crippen molar-refractivity contribution in [2.24, 2.45) is 0 Å². The van der Waals surface area contributed by atoms with E-state index in [1.165, 1.54) is 19.1 Å². The van der Waals surface area contributed by atoms with Crippen molar-refractivity contribution in [2.75, 3.05) is 45.6 Å². The normalized spacial score (nSPS) is 11.0. The van der Waals surface area contributed by atoms with Crippen molar-refractivity contribution < 1.29 is 23.8 Å². The van der Waals surface area contributed by atoms with Crippen molar-refractivity contribution >= 4 is 23.4 Å². The SMILES string of the molecule is COc1ccc(-n2nc(C(C)(C)C)cc2NC(=O)CN(C)C(=O)Nc2ccc(OC)cc2OC)cc1. The van der Waals surface area contributed by atoms with Crippen molar-refractivity contribution in [3.05, 3.63) is 54.2 Å². The molecule has 1 heterocycles. The first-order chi connectivity index (χ1) is 17.0. The van der Waals surface area contributed by atoms with Gasteiger partial charge < -0.3 is 29.7 Å². The van der Waals surface area contributed by atoms with Crippen molar-refractivity contribution in [3.63, 3.8) is 0 Å². The molecule has 0 atom stereocenters. The molecule has 0 saturated carbocycles. The molecule has 0 saturated heterocycles. The van der Waals surface area contributed by atoms with Crippen LogP contribution in [0.2, 0.25) is 0 Å². The second-order valence-electron chi connectivity index (χ2n) is 9.18. The van der Waals surface area contributed by atoms with E-state index in [-0.39, 0.29) is 17.9 Å². The number of urea groups is 1. The third kappa shape index (κ3) is 6.26. The van der Waals surface area contributed by atoms with Crippen molar-refractivity contribution in [1.29, 1.82) is 0 Å². The van der Waals surface area contributed by atoms with Gasteiger partial charge in [0.1, 0.15) is 29.6 Å². The molecule has 0 unspecified atom stereocenters. The molecule has 0 aliphatic rings. The van der Waals surface area contributed by atoms with E-state index in [0.717, 1.165) is 11.4 Å². The van der Waals surface area contributed by atoms with E-state index in [4.69, 9.17) is 19.3 Å². The second-order valence-corrected chi connectivity index (χ2v) is 9.18. The lowest BCUT2D eigenvalue weighted by Gasteiger charge is -2.19. The first kappa shape index (κ1) is 26.4. The zero-order valence-electron chi connectivity index (χ0n) is 21.7. The van der Waals surface area contributed by atoms with E-state index in [1.54, 1.807) is 37.1 Å². The summed E-state index contributed by atoms with van der Waals surface area (Å²) in [5.41, 5.74) is 1.80. The average Bonchev–Trinajstić information content (AvgIpc) is 3.28. The van der Waals surface area contributed by atoms with Gasteiger partial charge in [0.15, 0.2) is 0 Å². The lowest BCUT2D eigenvalue weighted by Crippen LogP contribution is -2.38. The Morgan fingerprint density at radius 3 is 2.14 bits per heavy atom. The smallest absolute Gasteiger partial charge is 0.322 e. The molecule has 3 amide bonds. The van der Waals surface area contributed by atoms with Crippen LogP contribution in [0.15, 0.2) is 48.5 Å². The average molecular weight is 496 g/mol. The largest absolute Gasteiger partial charge is 0.497 e. The fourth-order valence-corrected chi connectivity index (χ4v) is 3.34. The Kier molecular flexibility index (Phi) is 8.08. The molecule has 0 radical (unpaired) electrons. The van der Waals surface area contributed by atoms with Crippen LogP contribution < -0.4 is 24.8 Å². The standard InChI is InChI=1S/C26H33N5O5/c1-26(2,3)22-15-23(31(29-22)17-8-10-18(34-5)11-9-17)28-24(32)16-30(4)25(33)27-20-13-12-19(35-6)14-21(20)36-7/h8-15H,16H2,1-7H3,(H,27,33)(H,28,32). The van der Waals surface area contributed by atoms with Gasteiger partial charge in [-0.05, 0) is 36.4 Å². The number of aromatic nitrogens is 2. The number of hydrogen-bond acceptors (Lipinski definition) is 6. The molecule has 36 heavy (non-hydrogen) atoms. The summed E-state index contributed by atoms with van der Waals surface area (Å²) in [4.78, 5) is 26.9. The summed E-state index contributed by atoms with van der Waals surface area (Å²) < 4.78 is 17.4. The minimum atomic E-state index is -0.465. The molecule has 0 fully saturated rings. The number of anilines is 2. The molecule has 0 aliphatic carbocycles. The highest BCUT2D eigenvalue weighted by molar-refractivity contribution is 5.97. The van der Waals surface area contributed by atoms with Gasteiger partial charge in [-0.3, -0.25) is 4.79 Å². The summed E-state index contributed by atoms with van der Waals surface area (Å²) in [5, 5.41) is 10.3. The summed E-state index contributed by atoms with van der Waals surface area (Å²) in [6.07, 6.45) is 0. The lowest BCUT2D eigenvalue weighted by molar-refractivity contribution is -0.116. The van der Waals surface area contributed by atoms with E-state index >= 15 is 0 Å². The number of nitrogens with one attached hydrogen (secondary N) is 2. The Labute approximate surface area is 211 Å². The summed E-state index contributed by atoms with van der Waals surface area (Å²) in [7, 11) is 6.18. The highest BCUT2D eigenvalue weighted by Gasteiger charge is 2.22. The first-order valence-electron chi connectivity index (χ1n) is 11.3. The van der Waals surface area contributed by atoms with Crippen molar-refractivity contribution in [1.82, 2.24) is 14.7 Å². The lowest BCUT2D eigenvalue weighted by atomic mass is 9.92. The molecular weight excluding hydrogens is 462 g/mol. The van der Waals surface area contributed by atoms with Gasteiger partial charge in [0.25, 0.3) is 0 Å². The van der Waals surface area contributed by atoms with Gasteiger partial charge in [0, 0.05) is 24.6 Å². The van der Waals surface area contributed by atoms with Crippen LogP contribution in [-0.2, 0) is 10.2 Å². The number of methoxy groups -OCH3 is 3. The van der Waals surface area contributed by atoms with Crippen LogP contribution in [-0.4, -0.2) is 61.5 Å². The maximum Gasteiger partial charge on any atom is 0.322 e. The van der Waals surface area contributed by atoms with Crippen molar-refractivity contribution in [2.45, 2.75) is 26.2 Å². The van der Waals surface area contributed by atoms with Gasteiger partial charge in [-0.15, -0.1) is 0 Å². The third-order valence-electron chi connectivity index (χ3n) is 5.44. The molecule has 2 aromatic carbocycles. The first-order valence-corrected chi connectivity index (χ1v) is 11.3. The van der Waals surface area contributed by atoms with Crippen LogP contribution in [0.5, 0.6) is 17.2 Å². The van der Waals surface area contributed by atoms with Gasteiger partial charge in [-0.25, -0.2) is 9.48 Å². The van der Waals surface area contributed by atoms with E-state index < -0.39 is 6.03 Å². The minimum Gasteiger partial charge on any atom is -0.497 e. The summed E-state index contributed by atoms with van der Waals surface area (Å²) in [5.74, 6) is 1.89. The molecule has 10 heteroatoms. The quantitative estimate of drug-likeness (QED) is 0.483. The topological polar surface area (TPSA) is 107 Å². The highest BCUT2D eigenvalue weighted by Crippen LogP contribution is 2.29. The number of amides is 3. The van der Waals surface area contributed by atoms with Gasteiger partial charge in [0.2, 0.25) is 5.91 Å². The third-order valence-corrected chi connectivity index (χ3v) is 5.44. The molecule has 192 valence electrons. The molecule has 0 spiro atoms. The summed E-state index contributed by atoms with van der Waals surface area (Å²) in [6, 6.07) is 13.8. The number of rotatable bonds is 8. The summed E-state index contributed by atoms with van der Waals surface area (Å²) in [6.45, 7) is 5.96. The van der Waals surface area contributed by atoms with E-state index in [2.05, 4.69) is 10.6 Å². The van der Waals surface area contributed by atoms with E-state index in [0.29, 0.717) is 28.8 Å². The Bertz CT molecular complexity index is 1210.